The Morgan fingerprint density at radius 1 is 1.29 bits per heavy atom. The minimum atomic E-state index is -1.84. The van der Waals surface area contributed by atoms with Gasteiger partial charge in [0.1, 0.15) is 24.4 Å². The van der Waals surface area contributed by atoms with Crippen LogP contribution in [0.5, 0.6) is 0 Å². The van der Waals surface area contributed by atoms with E-state index in [0.717, 1.165) is 17.1 Å². The van der Waals surface area contributed by atoms with Crippen LogP contribution >= 0.6 is 0 Å². The van der Waals surface area contributed by atoms with Crippen molar-refractivity contribution in [3.8, 4) is 0 Å². The van der Waals surface area contributed by atoms with E-state index in [9.17, 15) is 18.7 Å². The molecule has 3 heterocycles. The lowest BCUT2D eigenvalue weighted by atomic mass is 10.1. The molecular formula is C18H16F2N4O4. The summed E-state index contributed by atoms with van der Waals surface area (Å²) < 4.78 is 35.1. The number of carbonyl (C=O) groups is 1. The quantitative estimate of drug-likeness (QED) is 0.622. The number of aliphatic hydroxyl groups excluding tert-OH is 2. The van der Waals surface area contributed by atoms with Crippen molar-refractivity contribution in [2.45, 2.75) is 24.6 Å². The van der Waals surface area contributed by atoms with Gasteiger partial charge >= 0.3 is 0 Å². The van der Waals surface area contributed by atoms with Gasteiger partial charge in [0.15, 0.2) is 23.9 Å². The van der Waals surface area contributed by atoms with Gasteiger partial charge in [-0.2, -0.15) is 0 Å². The van der Waals surface area contributed by atoms with Gasteiger partial charge in [0.05, 0.1) is 12.0 Å². The molecule has 4 rings (SSSR count). The minimum Gasteiger partial charge on any atom is -0.394 e. The summed E-state index contributed by atoms with van der Waals surface area (Å²) >= 11 is 0. The molecule has 1 fully saturated rings. The zero-order chi connectivity index (χ0) is 19.8. The van der Waals surface area contributed by atoms with Gasteiger partial charge in [-0.3, -0.25) is 4.79 Å². The molecule has 1 aromatic carbocycles. The molecule has 10 heteroatoms. The Labute approximate surface area is 157 Å². The van der Waals surface area contributed by atoms with Gasteiger partial charge in [-0.05, 0) is 12.1 Å². The SMILES string of the molecule is O=C(Nc1ncnc2c1c(F)cn2[C@@H]1O[C@H](CO)[C@@H](F)[C@H]1O)c1ccccc1. The van der Waals surface area contributed by atoms with Gasteiger partial charge in [0.2, 0.25) is 0 Å². The van der Waals surface area contributed by atoms with E-state index < -0.39 is 42.9 Å². The zero-order valence-corrected chi connectivity index (χ0v) is 14.4. The molecule has 0 bridgehead atoms. The number of carbonyl (C=O) groups excluding carboxylic acids is 1. The van der Waals surface area contributed by atoms with Gasteiger partial charge in [0, 0.05) is 11.8 Å². The third-order valence-electron chi connectivity index (χ3n) is 4.57. The fourth-order valence-corrected chi connectivity index (χ4v) is 3.18. The molecule has 0 saturated carbocycles. The molecule has 1 aliphatic heterocycles. The van der Waals surface area contributed by atoms with Crippen molar-refractivity contribution in [2.24, 2.45) is 0 Å². The maximum absolute atomic E-state index is 14.6. The fourth-order valence-electron chi connectivity index (χ4n) is 3.18. The van der Waals surface area contributed by atoms with Crippen LogP contribution in [0.4, 0.5) is 14.6 Å². The van der Waals surface area contributed by atoms with Crippen molar-refractivity contribution < 1.29 is 28.5 Å². The Balaban J connectivity index is 1.71. The number of benzene rings is 1. The maximum Gasteiger partial charge on any atom is 0.256 e. The molecule has 0 radical (unpaired) electrons. The summed E-state index contributed by atoms with van der Waals surface area (Å²) in [6.07, 6.45) is -3.89. The summed E-state index contributed by atoms with van der Waals surface area (Å²) in [6, 6.07) is 8.31. The molecule has 3 aromatic rings. The second-order valence-electron chi connectivity index (χ2n) is 6.31. The second kappa shape index (κ2) is 7.23. The smallest absolute Gasteiger partial charge is 0.256 e. The number of fused-ring (bicyclic) bond motifs is 1. The van der Waals surface area contributed by atoms with Crippen LogP contribution in [0.2, 0.25) is 0 Å². The summed E-state index contributed by atoms with van der Waals surface area (Å²) in [5.74, 6) is -1.34. The number of amides is 1. The number of aliphatic hydroxyl groups is 2. The number of nitrogens with zero attached hydrogens (tertiary/aromatic N) is 3. The Hall–Kier alpha value is -2.95. The van der Waals surface area contributed by atoms with E-state index in [4.69, 9.17) is 9.84 Å². The molecular weight excluding hydrogens is 374 g/mol. The molecule has 146 valence electrons. The summed E-state index contributed by atoms with van der Waals surface area (Å²) in [4.78, 5) is 20.3. The second-order valence-corrected chi connectivity index (χ2v) is 6.31. The fraction of sp³-hybridized carbons (Fsp3) is 0.278. The van der Waals surface area contributed by atoms with Crippen molar-refractivity contribution in [3.63, 3.8) is 0 Å². The van der Waals surface area contributed by atoms with E-state index in [0.29, 0.717) is 5.56 Å². The average molecular weight is 390 g/mol. The van der Waals surface area contributed by atoms with Crippen molar-refractivity contribution in [1.29, 1.82) is 0 Å². The third kappa shape index (κ3) is 3.01. The predicted molar refractivity (Wildman–Crippen MR) is 93.8 cm³/mol. The number of aromatic nitrogens is 3. The number of anilines is 1. The van der Waals surface area contributed by atoms with Crippen molar-refractivity contribution >= 4 is 22.8 Å². The van der Waals surface area contributed by atoms with Gasteiger partial charge < -0.3 is 24.8 Å². The van der Waals surface area contributed by atoms with Crippen molar-refractivity contribution in [3.05, 3.63) is 54.2 Å². The summed E-state index contributed by atoms with van der Waals surface area (Å²) in [7, 11) is 0. The summed E-state index contributed by atoms with van der Waals surface area (Å²) in [6.45, 7) is -0.635. The number of ether oxygens (including phenoxy) is 1. The maximum atomic E-state index is 14.6. The van der Waals surface area contributed by atoms with Crippen LogP contribution in [0.25, 0.3) is 11.0 Å². The largest absolute Gasteiger partial charge is 0.394 e. The van der Waals surface area contributed by atoms with Crippen LogP contribution in [-0.2, 0) is 4.74 Å². The summed E-state index contributed by atoms with van der Waals surface area (Å²) in [5.41, 5.74) is 0.361. The topological polar surface area (TPSA) is 110 Å². The molecule has 28 heavy (non-hydrogen) atoms. The highest BCUT2D eigenvalue weighted by atomic mass is 19.1. The highest BCUT2D eigenvalue weighted by Crippen LogP contribution is 2.35. The number of nitrogens with one attached hydrogen (secondary N) is 1. The Morgan fingerprint density at radius 2 is 2.04 bits per heavy atom. The monoisotopic (exact) mass is 390 g/mol. The van der Waals surface area contributed by atoms with Gasteiger partial charge in [-0.25, -0.2) is 18.7 Å². The highest BCUT2D eigenvalue weighted by molar-refractivity contribution is 6.07. The predicted octanol–water partition coefficient (Wildman–Crippen LogP) is 1.41. The lowest BCUT2D eigenvalue weighted by molar-refractivity contribution is -0.0494. The number of hydrogen-bond donors (Lipinski definition) is 3. The first-order valence-electron chi connectivity index (χ1n) is 8.47. The van der Waals surface area contributed by atoms with Gasteiger partial charge in [0.25, 0.3) is 5.91 Å². The van der Waals surface area contributed by atoms with Gasteiger partial charge in [-0.15, -0.1) is 0 Å². The first-order chi connectivity index (χ1) is 13.5. The van der Waals surface area contributed by atoms with Crippen LogP contribution in [-0.4, -0.2) is 55.6 Å². The van der Waals surface area contributed by atoms with Crippen LogP contribution in [0, 0.1) is 5.82 Å². The normalized spacial score (nSPS) is 24.6. The Morgan fingerprint density at radius 3 is 2.71 bits per heavy atom. The minimum absolute atomic E-state index is 0.00528. The Bertz CT molecular complexity index is 1010. The number of rotatable bonds is 4. The van der Waals surface area contributed by atoms with Crippen molar-refractivity contribution in [1.82, 2.24) is 14.5 Å². The molecule has 1 aliphatic rings. The van der Waals surface area contributed by atoms with E-state index >= 15 is 0 Å². The molecule has 0 aliphatic carbocycles. The number of alkyl halides is 1. The first kappa shape index (κ1) is 18.4. The average Bonchev–Trinajstić information content (AvgIpc) is 3.20. The third-order valence-corrected chi connectivity index (χ3v) is 4.57. The standard InChI is InChI=1S/C18H16F2N4O4/c19-10-6-24(18-14(26)13(20)11(7-25)28-18)16-12(10)15(21-8-22-16)23-17(27)9-4-2-1-3-5-9/h1-6,8,11,13-14,18,25-26H,7H2,(H,21,22,23,27)/t11-,13-,14-,18-/m1/s1. The van der Waals surface area contributed by atoms with Crippen LogP contribution in [0.15, 0.2) is 42.9 Å². The van der Waals surface area contributed by atoms with Crippen LogP contribution in [0.3, 0.4) is 0 Å². The molecule has 1 saturated heterocycles. The lowest BCUT2D eigenvalue weighted by Gasteiger charge is -2.16. The molecule has 0 spiro atoms. The first-order valence-corrected chi connectivity index (χ1v) is 8.47. The Kier molecular flexibility index (Phi) is 4.75. The molecule has 3 N–H and O–H groups in total. The molecule has 8 nitrogen and oxygen atoms in total. The van der Waals surface area contributed by atoms with Gasteiger partial charge in [-0.1, -0.05) is 18.2 Å². The molecule has 1 amide bonds. The molecule has 4 atom stereocenters. The molecule has 0 unspecified atom stereocenters. The van der Waals surface area contributed by atoms with Crippen LogP contribution in [0.1, 0.15) is 16.6 Å². The van der Waals surface area contributed by atoms with Crippen LogP contribution < -0.4 is 5.32 Å². The van der Waals surface area contributed by atoms with Crippen molar-refractivity contribution in [2.75, 3.05) is 11.9 Å². The lowest BCUT2D eigenvalue weighted by Crippen LogP contribution is -2.29. The van der Waals surface area contributed by atoms with E-state index in [1.807, 2.05) is 0 Å². The highest BCUT2D eigenvalue weighted by Gasteiger charge is 2.45. The number of hydrogen-bond acceptors (Lipinski definition) is 6. The van der Waals surface area contributed by atoms with E-state index in [1.165, 1.54) is 0 Å². The molecule has 2 aromatic heterocycles. The zero-order valence-electron chi connectivity index (χ0n) is 14.4. The summed E-state index contributed by atoms with van der Waals surface area (Å²) in [5, 5.41) is 21.7. The van der Waals surface area contributed by atoms with E-state index in [2.05, 4.69) is 15.3 Å². The number of halogens is 2. The van der Waals surface area contributed by atoms with E-state index in [-0.39, 0.29) is 16.9 Å². The van der Waals surface area contributed by atoms with E-state index in [1.54, 1.807) is 30.3 Å².